The fourth-order valence-electron chi connectivity index (χ4n) is 5.27. The molecule has 0 atom stereocenters. The zero-order chi connectivity index (χ0) is 24.6. The molecular formula is C33H39N. The zero-order valence-electron chi connectivity index (χ0n) is 21.4. The highest BCUT2D eigenvalue weighted by Gasteiger charge is 2.30. The lowest BCUT2D eigenvalue weighted by atomic mass is 9.70. The van der Waals surface area contributed by atoms with Gasteiger partial charge in [-0.2, -0.15) is 0 Å². The number of nitrogens with one attached hydrogen (secondary N) is 1. The van der Waals surface area contributed by atoms with Gasteiger partial charge in [0.1, 0.15) is 0 Å². The number of hydrogen-bond donors (Lipinski definition) is 1. The fourth-order valence-corrected chi connectivity index (χ4v) is 5.27. The van der Waals surface area contributed by atoms with E-state index in [-0.39, 0.29) is 5.41 Å². The molecule has 0 aliphatic heterocycles. The van der Waals surface area contributed by atoms with Gasteiger partial charge in [-0.3, -0.25) is 0 Å². The van der Waals surface area contributed by atoms with Gasteiger partial charge in [-0.1, -0.05) is 81.7 Å². The summed E-state index contributed by atoms with van der Waals surface area (Å²) in [6.45, 7) is 13.2. The molecule has 0 radical (unpaired) electrons. The maximum atomic E-state index is 5.60. The number of allylic oxidation sites excluding steroid dienone is 1. The van der Waals surface area contributed by atoms with Crippen molar-refractivity contribution in [1.82, 2.24) is 0 Å². The standard InChI is InChI=1S/C33H39N/c1-7-18-33(19-8-2,20-17-27(6)34-32-22-25(4)21-26(5)23-32)31-15-13-29(14-16-31)30-12-10-11-28(9-3)24-30/h3,10-16,21-24,34H,6-8,17-20H2,1-2,4-5H3. The van der Waals surface area contributed by atoms with Gasteiger partial charge in [0.15, 0.2) is 0 Å². The third kappa shape index (κ3) is 6.42. The van der Waals surface area contributed by atoms with Gasteiger partial charge in [0.25, 0.3) is 0 Å². The van der Waals surface area contributed by atoms with E-state index in [9.17, 15) is 0 Å². The summed E-state index contributed by atoms with van der Waals surface area (Å²) in [6, 6.07) is 24.0. The normalized spacial score (nSPS) is 11.1. The van der Waals surface area contributed by atoms with Crippen LogP contribution in [0.5, 0.6) is 0 Å². The largest absolute Gasteiger partial charge is 0.359 e. The quantitative estimate of drug-likeness (QED) is 0.288. The Morgan fingerprint density at radius 3 is 2.09 bits per heavy atom. The molecule has 1 N–H and O–H groups in total. The van der Waals surface area contributed by atoms with Gasteiger partial charge in [-0.05, 0) is 97.0 Å². The molecule has 0 fully saturated rings. The van der Waals surface area contributed by atoms with E-state index >= 15 is 0 Å². The number of rotatable bonds is 11. The first-order chi connectivity index (χ1) is 16.4. The second-order valence-electron chi connectivity index (χ2n) is 9.69. The van der Waals surface area contributed by atoms with Crippen molar-refractivity contribution in [2.24, 2.45) is 0 Å². The van der Waals surface area contributed by atoms with Crippen LogP contribution in [0.4, 0.5) is 5.69 Å². The summed E-state index contributed by atoms with van der Waals surface area (Å²) in [6.07, 6.45) is 12.4. The molecule has 0 saturated carbocycles. The van der Waals surface area contributed by atoms with Crippen molar-refractivity contribution >= 4 is 5.69 Å². The molecule has 0 amide bonds. The Morgan fingerprint density at radius 2 is 1.50 bits per heavy atom. The Labute approximate surface area is 207 Å². The molecule has 0 heterocycles. The van der Waals surface area contributed by atoms with Gasteiger partial charge < -0.3 is 5.32 Å². The van der Waals surface area contributed by atoms with Gasteiger partial charge in [0.2, 0.25) is 0 Å². The monoisotopic (exact) mass is 449 g/mol. The van der Waals surface area contributed by atoms with E-state index in [1.807, 2.05) is 12.1 Å². The highest BCUT2D eigenvalue weighted by atomic mass is 14.9. The minimum absolute atomic E-state index is 0.163. The molecule has 0 unspecified atom stereocenters. The van der Waals surface area contributed by atoms with Crippen LogP contribution in [-0.2, 0) is 5.41 Å². The summed E-state index contributed by atoms with van der Waals surface area (Å²) in [5.74, 6) is 2.74. The van der Waals surface area contributed by atoms with Crippen molar-refractivity contribution in [2.75, 3.05) is 5.32 Å². The molecule has 176 valence electrons. The number of benzene rings is 3. The maximum absolute atomic E-state index is 5.60. The topological polar surface area (TPSA) is 12.0 Å². The molecule has 1 heteroatoms. The molecule has 0 saturated heterocycles. The molecule has 0 bridgehead atoms. The molecule has 0 spiro atoms. The van der Waals surface area contributed by atoms with Crippen molar-refractivity contribution in [2.45, 2.75) is 71.6 Å². The summed E-state index contributed by atoms with van der Waals surface area (Å²) in [7, 11) is 0. The molecule has 0 aliphatic rings. The van der Waals surface area contributed by atoms with Crippen molar-refractivity contribution < 1.29 is 0 Å². The lowest BCUT2D eigenvalue weighted by molar-refractivity contribution is 0.330. The lowest BCUT2D eigenvalue weighted by Gasteiger charge is -2.35. The summed E-state index contributed by atoms with van der Waals surface area (Å²) in [4.78, 5) is 0. The number of anilines is 1. The van der Waals surface area contributed by atoms with Crippen LogP contribution in [0.15, 0.2) is 79.0 Å². The number of hydrogen-bond acceptors (Lipinski definition) is 1. The van der Waals surface area contributed by atoms with Gasteiger partial charge in [-0.15, -0.1) is 6.42 Å². The molecule has 3 rings (SSSR count). The second-order valence-corrected chi connectivity index (χ2v) is 9.69. The van der Waals surface area contributed by atoms with E-state index in [0.717, 1.165) is 29.8 Å². The Kier molecular flexibility index (Phi) is 8.78. The van der Waals surface area contributed by atoms with Crippen LogP contribution < -0.4 is 5.32 Å². The lowest BCUT2D eigenvalue weighted by Crippen LogP contribution is -2.26. The minimum atomic E-state index is 0.163. The summed E-state index contributed by atoms with van der Waals surface area (Å²) in [5.41, 5.74) is 9.67. The van der Waals surface area contributed by atoms with Gasteiger partial charge in [0.05, 0.1) is 0 Å². The van der Waals surface area contributed by atoms with E-state index < -0.39 is 0 Å². The third-order valence-corrected chi connectivity index (χ3v) is 6.77. The molecular weight excluding hydrogens is 410 g/mol. The Bertz CT molecular complexity index is 1120. The predicted molar refractivity (Wildman–Crippen MR) is 149 cm³/mol. The van der Waals surface area contributed by atoms with Crippen molar-refractivity contribution in [3.8, 4) is 23.5 Å². The molecule has 0 aliphatic carbocycles. The van der Waals surface area contributed by atoms with Gasteiger partial charge in [-0.25, -0.2) is 0 Å². The Morgan fingerprint density at radius 1 is 0.853 bits per heavy atom. The molecule has 3 aromatic carbocycles. The predicted octanol–water partition coefficient (Wildman–Crippen LogP) is 9.20. The molecule has 34 heavy (non-hydrogen) atoms. The maximum Gasteiger partial charge on any atom is 0.0386 e. The smallest absolute Gasteiger partial charge is 0.0386 e. The van der Waals surface area contributed by atoms with Crippen molar-refractivity contribution in [3.63, 3.8) is 0 Å². The first-order valence-corrected chi connectivity index (χ1v) is 12.6. The summed E-state index contributed by atoms with van der Waals surface area (Å²) in [5, 5.41) is 3.56. The van der Waals surface area contributed by atoms with Crippen molar-refractivity contribution in [1.29, 1.82) is 0 Å². The number of terminal acetylenes is 1. The fraction of sp³-hybridized carbons (Fsp3) is 0.333. The van der Waals surface area contributed by atoms with Crippen LogP contribution in [0, 0.1) is 26.2 Å². The number of aryl methyl sites for hydroxylation is 2. The van der Waals surface area contributed by atoms with Crippen LogP contribution >= 0.6 is 0 Å². The highest BCUT2D eigenvalue weighted by molar-refractivity contribution is 5.66. The van der Waals surface area contributed by atoms with E-state index in [1.165, 1.54) is 53.5 Å². The van der Waals surface area contributed by atoms with Crippen LogP contribution in [0.25, 0.3) is 11.1 Å². The SMILES string of the molecule is C#Cc1cccc(-c2ccc(C(CCC)(CCC)CCC(=C)Nc3cc(C)cc(C)c3)cc2)c1. The molecule has 3 aromatic rings. The molecule has 0 aromatic heterocycles. The highest BCUT2D eigenvalue weighted by Crippen LogP contribution is 2.40. The van der Waals surface area contributed by atoms with E-state index in [0.29, 0.717) is 0 Å². The van der Waals surface area contributed by atoms with Crippen LogP contribution in [0.1, 0.15) is 74.6 Å². The molecule has 1 nitrogen and oxygen atoms in total. The average molecular weight is 450 g/mol. The van der Waals surface area contributed by atoms with E-state index in [2.05, 4.69) is 100 Å². The third-order valence-electron chi connectivity index (χ3n) is 6.77. The Balaban J connectivity index is 1.80. The van der Waals surface area contributed by atoms with E-state index in [1.54, 1.807) is 0 Å². The van der Waals surface area contributed by atoms with Crippen LogP contribution in [0.2, 0.25) is 0 Å². The van der Waals surface area contributed by atoms with Gasteiger partial charge in [0, 0.05) is 16.9 Å². The minimum Gasteiger partial charge on any atom is -0.359 e. The van der Waals surface area contributed by atoms with Gasteiger partial charge >= 0.3 is 0 Å². The van der Waals surface area contributed by atoms with Crippen LogP contribution in [-0.4, -0.2) is 0 Å². The van der Waals surface area contributed by atoms with Crippen LogP contribution in [0.3, 0.4) is 0 Å². The zero-order valence-corrected chi connectivity index (χ0v) is 21.4. The van der Waals surface area contributed by atoms with Crippen molar-refractivity contribution in [3.05, 3.63) is 101 Å². The summed E-state index contributed by atoms with van der Waals surface area (Å²) < 4.78 is 0. The first-order valence-electron chi connectivity index (χ1n) is 12.6. The van der Waals surface area contributed by atoms with E-state index in [4.69, 9.17) is 6.42 Å². The second kappa shape index (κ2) is 11.8. The summed E-state index contributed by atoms with van der Waals surface area (Å²) >= 11 is 0. The average Bonchev–Trinajstić information content (AvgIpc) is 2.82. The first kappa shape index (κ1) is 25.4. The Hall–Kier alpha value is -3.24.